The molecule has 166 valence electrons. The molecule has 2 aromatic heterocycles. The van der Waals surface area contributed by atoms with E-state index in [1.165, 1.54) is 7.05 Å². The number of fused-ring (bicyclic) bond motifs is 1. The summed E-state index contributed by atoms with van der Waals surface area (Å²) in [6.45, 7) is 5.68. The number of rotatable bonds is 6. The van der Waals surface area contributed by atoms with Crippen molar-refractivity contribution in [2.24, 2.45) is 4.99 Å². The molecular formula is C23H26N6O2S. The highest BCUT2D eigenvalue weighted by molar-refractivity contribution is 7.92. The number of pyridine rings is 1. The van der Waals surface area contributed by atoms with Crippen LogP contribution < -0.4 is 9.62 Å². The van der Waals surface area contributed by atoms with Crippen LogP contribution in [-0.4, -0.2) is 42.3 Å². The average molecular weight is 454 g/mol. The molecule has 0 unspecified atom stereocenters. The Labute approximate surface area is 192 Å². The zero-order chi connectivity index (χ0) is 25.5. The largest absolute Gasteiger partial charge is 0.352 e. The number of hydrogen-bond acceptors (Lipinski definition) is 7. The number of aromatic nitrogens is 3. The van der Waals surface area contributed by atoms with Crippen molar-refractivity contribution in [3.05, 3.63) is 65.0 Å². The maximum atomic E-state index is 12.6. The summed E-state index contributed by atoms with van der Waals surface area (Å²) in [4.78, 5) is 18.3. The summed E-state index contributed by atoms with van der Waals surface area (Å²) in [7, 11) is -3.35. The third-order valence-corrected chi connectivity index (χ3v) is 6.02. The van der Waals surface area contributed by atoms with Gasteiger partial charge in [0.25, 0.3) is 0 Å². The lowest BCUT2D eigenvalue weighted by Gasteiger charge is -2.21. The SMILES string of the molecule is [2H]C([2H])([2H])S(=O)(=O)N(C)c1ccccc1Nc1cc(Cc2cc(C)nc(C)n2)nc2c1N=C(C)C2. The highest BCUT2D eigenvalue weighted by atomic mass is 32.2. The fourth-order valence-electron chi connectivity index (χ4n) is 3.75. The molecule has 0 amide bonds. The molecule has 0 saturated heterocycles. The summed E-state index contributed by atoms with van der Waals surface area (Å²) in [5.74, 6) is 0.686. The van der Waals surface area contributed by atoms with E-state index >= 15 is 0 Å². The van der Waals surface area contributed by atoms with Gasteiger partial charge in [0.2, 0.25) is 10.0 Å². The van der Waals surface area contributed by atoms with Crippen molar-refractivity contribution in [1.29, 1.82) is 0 Å². The molecule has 1 N–H and O–H groups in total. The van der Waals surface area contributed by atoms with Gasteiger partial charge in [-0.15, -0.1) is 0 Å². The van der Waals surface area contributed by atoms with Crippen LogP contribution >= 0.6 is 0 Å². The highest BCUT2D eigenvalue weighted by Gasteiger charge is 2.21. The van der Waals surface area contributed by atoms with E-state index < -0.39 is 16.2 Å². The lowest BCUT2D eigenvalue weighted by Crippen LogP contribution is -2.25. The molecule has 0 fully saturated rings. The van der Waals surface area contributed by atoms with Gasteiger partial charge in [-0.1, -0.05) is 12.1 Å². The Morgan fingerprint density at radius 2 is 1.81 bits per heavy atom. The number of aliphatic imine (C=N–C) groups is 1. The van der Waals surface area contributed by atoms with Crippen molar-refractivity contribution in [2.75, 3.05) is 22.9 Å². The Bertz CT molecular complexity index is 1420. The van der Waals surface area contributed by atoms with E-state index in [1.807, 2.05) is 32.9 Å². The molecule has 8 nitrogen and oxygen atoms in total. The number of aryl methyl sites for hydroxylation is 2. The van der Waals surface area contributed by atoms with E-state index in [2.05, 4.69) is 20.3 Å². The molecular weight excluding hydrogens is 424 g/mol. The first-order chi connectivity index (χ1) is 16.3. The lowest BCUT2D eigenvalue weighted by atomic mass is 10.1. The van der Waals surface area contributed by atoms with Crippen molar-refractivity contribution in [1.82, 2.24) is 15.0 Å². The van der Waals surface area contributed by atoms with Crippen LogP contribution in [0.3, 0.4) is 0 Å². The number of sulfonamides is 1. The standard InChI is InChI=1S/C23H26N6O2S/c1-14-10-17(26-16(3)24-14)12-18-13-21(23-20(27-18)11-15(2)25-23)28-19-8-6-7-9-22(19)29(4)32(5,30)31/h6-10,13H,11-12H2,1-5H3,(H,27,28)/i5D3. The van der Waals surface area contributed by atoms with Gasteiger partial charge < -0.3 is 5.32 Å². The van der Waals surface area contributed by atoms with Crippen LogP contribution in [0.2, 0.25) is 0 Å². The smallest absolute Gasteiger partial charge is 0.232 e. The number of nitrogens with one attached hydrogen (secondary N) is 1. The van der Waals surface area contributed by atoms with Gasteiger partial charge in [-0.2, -0.15) is 0 Å². The first-order valence-corrected chi connectivity index (χ1v) is 11.5. The van der Waals surface area contributed by atoms with E-state index in [1.54, 1.807) is 24.3 Å². The fraction of sp³-hybridized carbons (Fsp3) is 0.304. The van der Waals surface area contributed by atoms with Crippen LogP contribution in [0.5, 0.6) is 0 Å². The summed E-state index contributed by atoms with van der Waals surface area (Å²) in [6, 6.07) is 10.4. The lowest BCUT2D eigenvalue weighted by molar-refractivity contribution is 0.600. The zero-order valence-corrected chi connectivity index (χ0v) is 19.2. The summed E-state index contributed by atoms with van der Waals surface area (Å²) in [5, 5.41) is 3.28. The zero-order valence-electron chi connectivity index (χ0n) is 21.3. The number of nitrogens with zero attached hydrogens (tertiary/aromatic N) is 5. The molecule has 0 atom stereocenters. The third-order valence-electron chi connectivity index (χ3n) is 5.10. The van der Waals surface area contributed by atoms with Gasteiger partial charge in [0.15, 0.2) is 0 Å². The number of benzene rings is 1. The van der Waals surface area contributed by atoms with Crippen molar-refractivity contribution >= 4 is 38.5 Å². The molecule has 3 heterocycles. The minimum Gasteiger partial charge on any atom is -0.352 e. The third kappa shape index (κ3) is 4.62. The molecule has 1 aromatic carbocycles. The molecule has 9 heteroatoms. The van der Waals surface area contributed by atoms with Gasteiger partial charge in [-0.25, -0.2) is 18.4 Å². The summed E-state index contributed by atoms with van der Waals surface area (Å²) in [6.07, 6.45) is -2.09. The minimum atomic E-state index is -4.58. The second kappa shape index (κ2) is 8.31. The van der Waals surface area contributed by atoms with Crippen LogP contribution in [-0.2, 0) is 22.9 Å². The van der Waals surface area contributed by atoms with Gasteiger partial charge >= 0.3 is 0 Å². The monoisotopic (exact) mass is 453 g/mol. The Hall–Kier alpha value is -3.33. The molecule has 1 aliphatic rings. The van der Waals surface area contributed by atoms with E-state index in [-0.39, 0.29) is 5.69 Å². The number of para-hydroxylation sites is 2. The van der Waals surface area contributed by atoms with Gasteiger partial charge in [0, 0.05) is 41.1 Å². The molecule has 0 radical (unpaired) electrons. The first-order valence-electron chi connectivity index (χ1n) is 11.6. The van der Waals surface area contributed by atoms with Crippen LogP contribution in [0.1, 0.15) is 39.6 Å². The highest BCUT2D eigenvalue weighted by Crippen LogP contribution is 2.38. The summed E-state index contributed by atoms with van der Waals surface area (Å²) < 4.78 is 48.3. The molecule has 1 aliphatic heterocycles. The molecule has 0 bridgehead atoms. The summed E-state index contributed by atoms with van der Waals surface area (Å²) >= 11 is 0. The first kappa shape index (κ1) is 18.3. The Morgan fingerprint density at radius 1 is 1.06 bits per heavy atom. The minimum absolute atomic E-state index is 0.205. The fourth-order valence-corrected chi connectivity index (χ4v) is 4.17. The Balaban J connectivity index is 1.75. The second-order valence-electron chi connectivity index (χ2n) is 7.82. The van der Waals surface area contributed by atoms with Crippen molar-refractivity contribution in [3.8, 4) is 0 Å². The van der Waals surface area contributed by atoms with Crippen LogP contribution in [0.4, 0.5) is 22.7 Å². The van der Waals surface area contributed by atoms with Crippen LogP contribution in [0.25, 0.3) is 0 Å². The second-order valence-corrected chi connectivity index (χ2v) is 9.32. The van der Waals surface area contributed by atoms with E-state index in [4.69, 9.17) is 9.10 Å². The van der Waals surface area contributed by atoms with Gasteiger partial charge in [0.1, 0.15) is 11.5 Å². The van der Waals surface area contributed by atoms with Crippen molar-refractivity contribution < 1.29 is 12.5 Å². The van der Waals surface area contributed by atoms with Crippen molar-refractivity contribution in [2.45, 2.75) is 33.6 Å². The van der Waals surface area contributed by atoms with Crippen LogP contribution in [0.15, 0.2) is 41.4 Å². The molecule has 3 aromatic rings. The van der Waals surface area contributed by atoms with Crippen LogP contribution in [0, 0.1) is 13.8 Å². The molecule has 32 heavy (non-hydrogen) atoms. The maximum absolute atomic E-state index is 12.6. The quantitative estimate of drug-likeness (QED) is 0.608. The Kier molecular flexibility index (Phi) is 4.74. The summed E-state index contributed by atoms with van der Waals surface area (Å²) in [5.41, 5.74) is 6.17. The van der Waals surface area contributed by atoms with E-state index in [9.17, 15) is 8.42 Å². The van der Waals surface area contributed by atoms with E-state index in [0.717, 1.165) is 32.8 Å². The number of anilines is 3. The molecule has 0 aliphatic carbocycles. The Morgan fingerprint density at radius 3 is 2.56 bits per heavy atom. The molecule has 4 rings (SSSR count). The molecule has 0 spiro atoms. The van der Waals surface area contributed by atoms with Crippen molar-refractivity contribution in [3.63, 3.8) is 0 Å². The predicted molar refractivity (Wildman–Crippen MR) is 128 cm³/mol. The number of hydrogen-bond donors (Lipinski definition) is 1. The molecule has 0 saturated carbocycles. The topological polar surface area (TPSA) is 100 Å². The average Bonchev–Trinajstić information content (AvgIpc) is 3.12. The maximum Gasteiger partial charge on any atom is 0.232 e. The van der Waals surface area contributed by atoms with Gasteiger partial charge in [-0.3, -0.25) is 14.3 Å². The van der Waals surface area contributed by atoms with Gasteiger partial charge in [0.05, 0.1) is 34.6 Å². The van der Waals surface area contributed by atoms with Gasteiger partial charge in [-0.05, 0) is 45.0 Å². The van der Waals surface area contributed by atoms with E-state index in [0.29, 0.717) is 35.7 Å². The predicted octanol–water partition coefficient (Wildman–Crippen LogP) is 3.87. The normalized spacial score (nSPS) is 14.8.